The summed E-state index contributed by atoms with van der Waals surface area (Å²) in [6.45, 7) is 6.60. The molecule has 7 rings (SSSR count). The first-order valence-electron chi connectivity index (χ1n) is 20.1. The van der Waals surface area contributed by atoms with E-state index in [1.165, 1.54) is 9.80 Å². The second-order valence-electron chi connectivity index (χ2n) is 16.9. The fourth-order valence-electron chi connectivity index (χ4n) is 7.79. The van der Waals surface area contributed by atoms with Gasteiger partial charge in [0.2, 0.25) is 21.8 Å². The zero-order valence-corrected chi connectivity index (χ0v) is 34.0. The van der Waals surface area contributed by atoms with Crippen LogP contribution in [0.15, 0.2) is 49.1 Å². The number of amides is 5. The standard InChI is InChI=1S/C40H53N7O10S/c1-39(2,3)57-37(51)42-32-10-8-6-4-5-7-9-28-21-40(28,36(50)44-58(53,54)31-13-14-31)43-34(48)33-20-30(24-47(33)35(32)49)56-38(52)46-22-26-11-12-29(19-27(26)23-46)55-18-17-45-16-15-41-25-45/h7,9,11-12,15-16,19,25,28,30-33H,4-6,8,10,13-14,17-18,20-24H2,1-3H3,(H,42,51)(H,43,48)(H,44,50)/b9-7+/t28-,30-,32+,33+,40-/m1/s1. The van der Waals surface area contributed by atoms with E-state index < -0.39 is 80.4 Å². The average Bonchev–Trinajstić information content (AvgIpc) is 3.94. The molecule has 1 aromatic heterocycles. The molecule has 5 aliphatic rings. The number of nitrogens with zero attached hydrogens (tertiary/aromatic N) is 4. The number of ether oxygens (including phenoxy) is 3. The van der Waals surface area contributed by atoms with Crippen LogP contribution < -0.4 is 20.1 Å². The number of sulfonamides is 1. The summed E-state index contributed by atoms with van der Waals surface area (Å²) in [5.41, 5.74) is -0.537. The van der Waals surface area contributed by atoms with Gasteiger partial charge in [-0.3, -0.25) is 24.0 Å². The summed E-state index contributed by atoms with van der Waals surface area (Å²) in [6.07, 6.45) is 10.7. The van der Waals surface area contributed by atoms with Gasteiger partial charge in [0.15, 0.2) is 0 Å². The molecule has 5 amide bonds. The number of alkyl carbamates (subject to hydrolysis) is 1. The molecule has 18 heteroatoms. The van der Waals surface area contributed by atoms with E-state index in [-0.39, 0.29) is 32.4 Å². The number of carbonyl (C=O) groups excluding carboxylic acids is 5. The van der Waals surface area contributed by atoms with Crippen LogP contribution in [-0.2, 0) is 53.5 Å². The van der Waals surface area contributed by atoms with Gasteiger partial charge in [-0.25, -0.2) is 23.0 Å². The molecule has 2 aliphatic carbocycles. The molecule has 0 radical (unpaired) electrons. The number of imidazole rings is 1. The number of fused-ring (bicyclic) bond motifs is 3. The highest BCUT2D eigenvalue weighted by Crippen LogP contribution is 2.46. The molecule has 3 aliphatic heterocycles. The van der Waals surface area contributed by atoms with Crippen LogP contribution in [0, 0.1) is 5.92 Å². The molecule has 2 aromatic rings. The third-order valence-electron chi connectivity index (χ3n) is 11.1. The number of nitrogens with one attached hydrogen (secondary N) is 3. The molecule has 3 N–H and O–H groups in total. The Balaban J connectivity index is 1.07. The van der Waals surface area contributed by atoms with Crippen molar-refractivity contribution in [1.82, 2.24) is 34.7 Å². The normalized spacial score (nSPS) is 26.8. The Morgan fingerprint density at radius 2 is 1.84 bits per heavy atom. The Labute approximate surface area is 338 Å². The smallest absolute Gasteiger partial charge is 0.410 e. The number of benzene rings is 1. The van der Waals surface area contributed by atoms with Crippen LogP contribution >= 0.6 is 0 Å². The van der Waals surface area contributed by atoms with Crippen molar-refractivity contribution < 1.29 is 46.6 Å². The largest absolute Gasteiger partial charge is 0.492 e. The van der Waals surface area contributed by atoms with E-state index >= 15 is 0 Å². The van der Waals surface area contributed by atoms with Gasteiger partial charge in [-0.1, -0.05) is 31.1 Å². The zero-order valence-electron chi connectivity index (χ0n) is 33.2. The van der Waals surface area contributed by atoms with Crippen molar-refractivity contribution in [2.24, 2.45) is 5.92 Å². The summed E-state index contributed by atoms with van der Waals surface area (Å²) in [7, 11) is -3.92. The lowest BCUT2D eigenvalue weighted by Gasteiger charge is -2.30. The van der Waals surface area contributed by atoms with Crippen molar-refractivity contribution in [3.05, 3.63) is 60.2 Å². The molecule has 4 heterocycles. The van der Waals surface area contributed by atoms with Crippen LogP contribution in [0.5, 0.6) is 5.75 Å². The Hall–Kier alpha value is -5.13. The maximum absolute atomic E-state index is 14.4. The van der Waals surface area contributed by atoms with Gasteiger partial charge in [-0.05, 0) is 82.6 Å². The molecule has 0 bridgehead atoms. The highest BCUT2D eigenvalue weighted by atomic mass is 32.2. The van der Waals surface area contributed by atoms with Gasteiger partial charge in [0.25, 0.3) is 5.91 Å². The van der Waals surface area contributed by atoms with Crippen molar-refractivity contribution in [3.63, 3.8) is 0 Å². The first-order valence-corrected chi connectivity index (χ1v) is 21.7. The molecule has 58 heavy (non-hydrogen) atoms. The summed E-state index contributed by atoms with van der Waals surface area (Å²) >= 11 is 0. The average molecular weight is 824 g/mol. The third-order valence-corrected chi connectivity index (χ3v) is 13.0. The van der Waals surface area contributed by atoms with Gasteiger partial charge in [0.05, 0.1) is 24.7 Å². The van der Waals surface area contributed by atoms with Gasteiger partial charge >= 0.3 is 12.2 Å². The zero-order chi connectivity index (χ0) is 41.2. The van der Waals surface area contributed by atoms with Crippen molar-refractivity contribution in [3.8, 4) is 5.75 Å². The van der Waals surface area contributed by atoms with E-state index in [2.05, 4.69) is 20.3 Å². The second kappa shape index (κ2) is 16.6. The van der Waals surface area contributed by atoms with E-state index in [4.69, 9.17) is 14.2 Å². The number of allylic oxidation sites excluding steroid dienone is 1. The minimum atomic E-state index is -3.92. The summed E-state index contributed by atoms with van der Waals surface area (Å²) in [4.78, 5) is 76.0. The summed E-state index contributed by atoms with van der Waals surface area (Å²) in [6, 6.07) is 3.39. The van der Waals surface area contributed by atoms with Crippen LogP contribution in [0.4, 0.5) is 9.59 Å². The minimum Gasteiger partial charge on any atom is -0.492 e. The quantitative estimate of drug-likeness (QED) is 0.313. The van der Waals surface area contributed by atoms with Crippen LogP contribution in [0.2, 0.25) is 0 Å². The van der Waals surface area contributed by atoms with E-state index in [9.17, 15) is 32.4 Å². The number of hydrogen-bond donors (Lipinski definition) is 3. The molecular formula is C40H53N7O10S. The molecule has 17 nitrogen and oxygen atoms in total. The van der Waals surface area contributed by atoms with Gasteiger partial charge in [0.1, 0.15) is 41.7 Å². The molecule has 1 saturated heterocycles. The minimum absolute atomic E-state index is 0.0866. The molecule has 5 atom stereocenters. The molecule has 314 valence electrons. The van der Waals surface area contributed by atoms with E-state index in [1.807, 2.05) is 41.1 Å². The Kier molecular flexibility index (Phi) is 11.8. The molecule has 0 unspecified atom stereocenters. The van der Waals surface area contributed by atoms with Gasteiger partial charge in [0, 0.05) is 37.8 Å². The fraction of sp³-hybridized carbons (Fsp3) is 0.600. The highest BCUT2D eigenvalue weighted by molar-refractivity contribution is 7.91. The molecule has 2 saturated carbocycles. The first-order chi connectivity index (χ1) is 27.6. The van der Waals surface area contributed by atoms with E-state index in [0.717, 1.165) is 24.0 Å². The first kappa shape index (κ1) is 41.0. The van der Waals surface area contributed by atoms with Crippen LogP contribution in [0.25, 0.3) is 0 Å². The lowest BCUT2D eigenvalue weighted by molar-refractivity contribution is -0.141. The lowest BCUT2D eigenvalue weighted by atomic mass is 10.0. The Bertz CT molecular complexity index is 2030. The number of rotatable bonds is 9. The SMILES string of the molecule is CC(C)(C)OC(=O)N[C@H]1CCCCC/C=C/[C@@H]2C[C@@]2(C(=O)NS(=O)(=O)C2CC2)NC(=O)[C@@H]2C[C@@H](OC(=O)N3Cc4ccc(OCCn5ccnc5)cc4C3)CN2C1=O. The molecule has 0 spiro atoms. The Morgan fingerprint density at radius 3 is 2.59 bits per heavy atom. The topological polar surface area (TPSA) is 208 Å². The third kappa shape index (κ3) is 9.76. The maximum atomic E-state index is 14.4. The fourth-order valence-corrected chi connectivity index (χ4v) is 9.16. The van der Waals surface area contributed by atoms with Crippen LogP contribution in [0.1, 0.15) is 89.7 Å². The van der Waals surface area contributed by atoms with Crippen molar-refractivity contribution >= 4 is 39.9 Å². The van der Waals surface area contributed by atoms with Crippen LogP contribution in [-0.4, -0.2) is 105 Å². The van der Waals surface area contributed by atoms with E-state index in [1.54, 1.807) is 33.3 Å². The van der Waals surface area contributed by atoms with E-state index in [0.29, 0.717) is 51.1 Å². The number of hydrogen-bond acceptors (Lipinski definition) is 11. The highest BCUT2D eigenvalue weighted by Gasteiger charge is 2.62. The predicted octanol–water partition coefficient (Wildman–Crippen LogP) is 3.28. The van der Waals surface area contributed by atoms with Crippen molar-refractivity contribution in [2.45, 2.75) is 133 Å². The summed E-state index contributed by atoms with van der Waals surface area (Å²) < 4.78 is 47.2. The van der Waals surface area contributed by atoms with Crippen LogP contribution in [0.3, 0.4) is 0 Å². The summed E-state index contributed by atoms with van der Waals surface area (Å²) in [5.74, 6) is -1.87. The molecule has 1 aromatic carbocycles. The molecule has 3 fully saturated rings. The summed E-state index contributed by atoms with van der Waals surface area (Å²) in [5, 5.41) is 4.88. The number of carbonyl (C=O) groups is 5. The van der Waals surface area contributed by atoms with Gasteiger partial charge in [-0.2, -0.15) is 0 Å². The monoisotopic (exact) mass is 823 g/mol. The lowest BCUT2D eigenvalue weighted by Crippen LogP contribution is -2.58. The Morgan fingerprint density at radius 1 is 1.05 bits per heavy atom. The maximum Gasteiger partial charge on any atom is 0.410 e. The van der Waals surface area contributed by atoms with Gasteiger partial charge < -0.3 is 34.3 Å². The van der Waals surface area contributed by atoms with Crippen molar-refractivity contribution in [2.75, 3.05) is 13.2 Å². The van der Waals surface area contributed by atoms with Crippen molar-refractivity contribution in [1.29, 1.82) is 0 Å². The number of aromatic nitrogens is 2. The van der Waals surface area contributed by atoms with Gasteiger partial charge in [-0.15, -0.1) is 0 Å². The predicted molar refractivity (Wildman–Crippen MR) is 208 cm³/mol. The second-order valence-corrected chi connectivity index (χ2v) is 18.9. The molecular weight excluding hydrogens is 771 g/mol.